The first kappa shape index (κ1) is 5.33. The fourth-order valence-electron chi connectivity index (χ4n) is 0.510. The summed E-state index contributed by atoms with van der Waals surface area (Å²) in [6.07, 6.45) is -0.949. The summed E-state index contributed by atoms with van der Waals surface area (Å²) < 4.78 is 0. The fraction of sp³-hybridized carbons (Fsp3) is 0.667. The van der Waals surface area contributed by atoms with Crippen LogP contribution < -0.4 is 10.7 Å². The Morgan fingerprint density at radius 3 is 2.75 bits per heavy atom. The van der Waals surface area contributed by atoms with Crippen LogP contribution in [0.4, 0.5) is 4.79 Å². The van der Waals surface area contributed by atoms with Crippen LogP contribution in [0.5, 0.6) is 0 Å². The molecule has 0 saturated carbocycles. The van der Waals surface area contributed by atoms with Gasteiger partial charge in [0.1, 0.15) is 0 Å². The molecule has 0 unspecified atom stereocenters. The molecular weight excluding hydrogens is 110 g/mol. The highest BCUT2D eigenvalue weighted by Crippen LogP contribution is 1.83. The highest BCUT2D eigenvalue weighted by Gasteiger charge is 2.13. The molecule has 3 N–H and O–H groups in total. The second kappa shape index (κ2) is 1.97. The summed E-state index contributed by atoms with van der Waals surface area (Å²) in [5.74, 6) is 0. The first-order chi connectivity index (χ1) is 3.80. The summed E-state index contributed by atoms with van der Waals surface area (Å²) in [5.41, 5.74) is 2.58. The number of amides is 1. The summed E-state index contributed by atoms with van der Waals surface area (Å²) >= 11 is 0. The number of hydrazine groups is 1. The highest BCUT2D eigenvalue weighted by molar-refractivity contribution is 5.64. The van der Waals surface area contributed by atoms with Gasteiger partial charge in [-0.1, -0.05) is 0 Å². The number of carboxylic acid groups (broad SMARTS) is 1. The van der Waals surface area contributed by atoms with Crippen LogP contribution >= 0.6 is 0 Å². The zero-order valence-corrected chi connectivity index (χ0v) is 4.22. The van der Waals surface area contributed by atoms with Crippen molar-refractivity contribution in [3.63, 3.8) is 0 Å². The van der Waals surface area contributed by atoms with Crippen molar-refractivity contribution in [3.8, 4) is 0 Å². The largest absolute Gasteiger partial charge is 0.464 e. The Kier molecular flexibility index (Phi) is 1.32. The third-order valence-electron chi connectivity index (χ3n) is 0.896. The Morgan fingerprint density at radius 2 is 2.50 bits per heavy atom. The standard InChI is InChI=1S/C3H7N3O2/c7-3(8)6-2-4-1-5-6/h4-5H,1-2H2,(H,7,8). The molecule has 0 atom stereocenters. The molecule has 0 aromatic carbocycles. The lowest BCUT2D eigenvalue weighted by Crippen LogP contribution is -2.35. The summed E-state index contributed by atoms with van der Waals surface area (Å²) in [7, 11) is 0. The number of carbonyl (C=O) groups is 1. The van der Waals surface area contributed by atoms with Crippen LogP contribution in [0, 0.1) is 0 Å². The van der Waals surface area contributed by atoms with Crippen molar-refractivity contribution in [1.29, 1.82) is 0 Å². The van der Waals surface area contributed by atoms with Gasteiger partial charge in [-0.3, -0.25) is 5.32 Å². The van der Waals surface area contributed by atoms with Gasteiger partial charge in [-0.25, -0.2) is 15.2 Å². The minimum atomic E-state index is -0.949. The lowest BCUT2D eigenvalue weighted by Gasteiger charge is -2.06. The normalized spacial score (nSPS) is 19.2. The maximum atomic E-state index is 10.0. The van der Waals surface area contributed by atoms with E-state index in [-0.39, 0.29) is 0 Å². The predicted octanol–water partition coefficient (Wildman–Crippen LogP) is -1.01. The maximum absolute atomic E-state index is 10.0. The summed E-state index contributed by atoms with van der Waals surface area (Å²) in [6, 6.07) is 0. The van der Waals surface area contributed by atoms with E-state index in [2.05, 4.69) is 10.7 Å². The smallest absolute Gasteiger partial charge is 0.423 e. The van der Waals surface area contributed by atoms with Gasteiger partial charge in [-0.15, -0.1) is 0 Å². The topological polar surface area (TPSA) is 64.6 Å². The van der Waals surface area contributed by atoms with E-state index in [4.69, 9.17) is 5.11 Å². The van der Waals surface area contributed by atoms with Crippen molar-refractivity contribution < 1.29 is 9.90 Å². The second-order valence-electron chi connectivity index (χ2n) is 1.45. The second-order valence-corrected chi connectivity index (χ2v) is 1.45. The van der Waals surface area contributed by atoms with Gasteiger partial charge in [-0.2, -0.15) is 0 Å². The molecule has 8 heavy (non-hydrogen) atoms. The van der Waals surface area contributed by atoms with Crippen molar-refractivity contribution in [2.24, 2.45) is 0 Å². The molecule has 1 aliphatic rings. The van der Waals surface area contributed by atoms with Crippen molar-refractivity contribution in [2.75, 3.05) is 13.3 Å². The van der Waals surface area contributed by atoms with Crippen LogP contribution in [0.15, 0.2) is 0 Å². The monoisotopic (exact) mass is 117 g/mol. The van der Waals surface area contributed by atoms with Crippen molar-refractivity contribution in [1.82, 2.24) is 15.8 Å². The molecule has 5 heteroatoms. The van der Waals surface area contributed by atoms with E-state index in [1.54, 1.807) is 0 Å². The number of rotatable bonds is 0. The Hall–Kier alpha value is -0.810. The lowest BCUT2D eigenvalue weighted by atomic mass is 11.0. The average Bonchev–Trinajstić information content (AvgIpc) is 2.12. The van der Waals surface area contributed by atoms with Gasteiger partial charge in [0.15, 0.2) is 0 Å². The highest BCUT2D eigenvalue weighted by atomic mass is 16.4. The first-order valence-corrected chi connectivity index (χ1v) is 2.25. The van der Waals surface area contributed by atoms with E-state index in [0.29, 0.717) is 13.3 Å². The van der Waals surface area contributed by atoms with E-state index in [1.165, 1.54) is 0 Å². The molecule has 0 spiro atoms. The Labute approximate surface area is 46.2 Å². The molecule has 0 aromatic heterocycles. The first-order valence-electron chi connectivity index (χ1n) is 2.25. The summed E-state index contributed by atoms with van der Waals surface area (Å²) in [6.45, 7) is 0.904. The van der Waals surface area contributed by atoms with Gasteiger partial charge < -0.3 is 5.11 Å². The third kappa shape index (κ3) is 0.877. The van der Waals surface area contributed by atoms with E-state index >= 15 is 0 Å². The van der Waals surface area contributed by atoms with E-state index < -0.39 is 6.09 Å². The Bertz CT molecular complexity index is 98.7. The molecule has 1 rings (SSSR count). The van der Waals surface area contributed by atoms with Crippen molar-refractivity contribution >= 4 is 6.09 Å². The minimum absolute atomic E-state index is 0.370. The predicted molar refractivity (Wildman–Crippen MR) is 25.9 cm³/mol. The molecule has 1 saturated heterocycles. The minimum Gasteiger partial charge on any atom is -0.464 e. The molecule has 5 nitrogen and oxygen atoms in total. The van der Waals surface area contributed by atoms with Crippen LogP contribution in [-0.2, 0) is 0 Å². The van der Waals surface area contributed by atoms with Crippen LogP contribution in [0.3, 0.4) is 0 Å². The SMILES string of the molecule is O=C(O)N1CNCN1. The van der Waals surface area contributed by atoms with Gasteiger partial charge in [0, 0.05) is 0 Å². The van der Waals surface area contributed by atoms with Crippen molar-refractivity contribution in [2.45, 2.75) is 0 Å². The number of hydrogen-bond donors (Lipinski definition) is 3. The summed E-state index contributed by atoms with van der Waals surface area (Å²) in [4.78, 5) is 10.0. The number of hydrogen-bond acceptors (Lipinski definition) is 3. The molecule has 0 aromatic rings. The molecular formula is C3H7N3O2. The average molecular weight is 117 g/mol. The van der Waals surface area contributed by atoms with Gasteiger partial charge >= 0.3 is 6.09 Å². The molecule has 0 bridgehead atoms. The van der Waals surface area contributed by atoms with E-state index in [0.717, 1.165) is 5.01 Å². The van der Waals surface area contributed by atoms with E-state index in [1.807, 2.05) is 0 Å². The number of nitrogens with one attached hydrogen (secondary N) is 2. The molecule has 1 aliphatic heterocycles. The van der Waals surface area contributed by atoms with Crippen molar-refractivity contribution in [3.05, 3.63) is 0 Å². The summed E-state index contributed by atoms with van der Waals surface area (Å²) in [5, 5.41) is 12.1. The van der Waals surface area contributed by atoms with Crippen LogP contribution in [-0.4, -0.2) is 29.5 Å². The molecule has 1 amide bonds. The molecule has 1 fully saturated rings. The van der Waals surface area contributed by atoms with Gasteiger partial charge in [0.25, 0.3) is 0 Å². The fourth-order valence-corrected chi connectivity index (χ4v) is 0.510. The quantitative estimate of drug-likeness (QED) is 0.380. The van der Waals surface area contributed by atoms with Crippen LogP contribution in [0.2, 0.25) is 0 Å². The third-order valence-corrected chi connectivity index (χ3v) is 0.896. The zero-order chi connectivity index (χ0) is 5.98. The van der Waals surface area contributed by atoms with Gasteiger partial charge in [0.05, 0.1) is 13.3 Å². The Balaban J connectivity index is 2.35. The molecule has 0 aliphatic carbocycles. The van der Waals surface area contributed by atoms with Crippen LogP contribution in [0.1, 0.15) is 0 Å². The molecule has 0 radical (unpaired) electrons. The van der Waals surface area contributed by atoms with Gasteiger partial charge in [0.2, 0.25) is 0 Å². The molecule has 46 valence electrons. The maximum Gasteiger partial charge on any atom is 0.423 e. The zero-order valence-electron chi connectivity index (χ0n) is 4.22. The van der Waals surface area contributed by atoms with E-state index in [9.17, 15) is 4.79 Å². The number of nitrogens with zero attached hydrogens (tertiary/aromatic N) is 1. The van der Waals surface area contributed by atoms with Gasteiger partial charge in [-0.05, 0) is 0 Å². The van der Waals surface area contributed by atoms with Crippen LogP contribution in [0.25, 0.3) is 0 Å². The Morgan fingerprint density at radius 1 is 1.75 bits per heavy atom. The molecule has 1 heterocycles. The lowest BCUT2D eigenvalue weighted by molar-refractivity contribution is 0.138.